The van der Waals surface area contributed by atoms with Gasteiger partial charge in [-0.2, -0.15) is 4.98 Å². The van der Waals surface area contributed by atoms with Gasteiger partial charge in [0.2, 0.25) is 0 Å². The van der Waals surface area contributed by atoms with Crippen LogP contribution in [0.5, 0.6) is 0 Å². The van der Waals surface area contributed by atoms with Crippen LogP contribution in [-0.4, -0.2) is 44.5 Å². The SMILES string of the molecule is C[Si](C)(C)c1nc2nc(N([Si](C)(C)C)[Si](C)(C)C)[nH]c(=O)c2[nH]1. The van der Waals surface area contributed by atoms with E-state index in [-0.39, 0.29) is 5.56 Å². The Morgan fingerprint density at radius 2 is 1.35 bits per heavy atom. The number of nitrogens with one attached hydrogen (secondary N) is 2. The zero-order chi connectivity index (χ0) is 17.8. The molecule has 0 aliphatic carbocycles. The maximum Gasteiger partial charge on any atom is 0.278 e. The second-order valence-corrected chi connectivity index (χ2v) is 24.1. The van der Waals surface area contributed by atoms with Crippen molar-refractivity contribution in [1.29, 1.82) is 0 Å². The molecule has 0 bridgehead atoms. The normalized spacial score (nSPS) is 13.6. The topological polar surface area (TPSA) is 77.7 Å². The molecule has 0 aromatic carbocycles. The molecule has 0 radical (unpaired) electrons. The number of H-pyrrole nitrogens is 2. The summed E-state index contributed by atoms with van der Waals surface area (Å²) in [5.41, 5.74) is 1.85. The monoisotopic (exact) mass is 367 g/mol. The van der Waals surface area contributed by atoms with Gasteiger partial charge in [-0.1, -0.05) is 58.9 Å². The van der Waals surface area contributed by atoms with E-state index < -0.39 is 24.5 Å². The van der Waals surface area contributed by atoms with Crippen molar-refractivity contribution in [2.45, 2.75) is 58.9 Å². The van der Waals surface area contributed by atoms with Crippen LogP contribution in [0.25, 0.3) is 11.2 Å². The average molecular weight is 368 g/mol. The lowest BCUT2D eigenvalue weighted by atomic mass is 10.5. The zero-order valence-electron chi connectivity index (χ0n) is 15.7. The number of anilines is 1. The maximum absolute atomic E-state index is 12.6. The van der Waals surface area contributed by atoms with Crippen molar-refractivity contribution >= 4 is 47.1 Å². The first-order valence-corrected chi connectivity index (χ1v) is 18.4. The van der Waals surface area contributed by atoms with Gasteiger partial charge in [0.25, 0.3) is 5.56 Å². The van der Waals surface area contributed by atoms with Crippen molar-refractivity contribution in [2.24, 2.45) is 0 Å². The summed E-state index contributed by atoms with van der Waals surface area (Å²) in [6.45, 7) is 20.3. The first kappa shape index (κ1) is 18.1. The molecule has 2 aromatic heterocycles. The molecule has 2 N–H and O–H groups in total. The van der Waals surface area contributed by atoms with Crippen LogP contribution in [0.1, 0.15) is 0 Å². The summed E-state index contributed by atoms with van der Waals surface area (Å²) in [5.74, 6) is 0.689. The van der Waals surface area contributed by atoms with E-state index in [0.717, 1.165) is 5.45 Å². The lowest BCUT2D eigenvalue weighted by Gasteiger charge is -2.44. The van der Waals surface area contributed by atoms with E-state index in [2.05, 4.69) is 78.1 Å². The molecule has 2 rings (SSSR count). The number of aromatic amines is 2. The summed E-state index contributed by atoms with van der Waals surface area (Å²) in [4.78, 5) is 28.1. The quantitative estimate of drug-likeness (QED) is 0.814. The van der Waals surface area contributed by atoms with Crippen molar-refractivity contribution in [3.05, 3.63) is 10.4 Å². The van der Waals surface area contributed by atoms with Crippen LogP contribution in [0.3, 0.4) is 0 Å². The number of hydrogen-bond acceptors (Lipinski definition) is 4. The number of rotatable bonds is 4. The van der Waals surface area contributed by atoms with Gasteiger partial charge < -0.3 is 9.22 Å². The summed E-state index contributed by atoms with van der Waals surface area (Å²) in [6.07, 6.45) is 0. The van der Waals surface area contributed by atoms with Crippen molar-refractivity contribution in [3.8, 4) is 0 Å². The molecule has 0 aliphatic rings. The fourth-order valence-corrected chi connectivity index (χ4v) is 13.5. The average Bonchev–Trinajstić information content (AvgIpc) is 2.68. The molecular formula is C14H29N5OSi3. The second-order valence-electron chi connectivity index (χ2n) is 9.10. The highest BCUT2D eigenvalue weighted by atomic mass is 28.4. The largest absolute Gasteiger partial charge is 0.396 e. The van der Waals surface area contributed by atoms with E-state index in [4.69, 9.17) is 4.98 Å². The Balaban J connectivity index is 2.69. The molecule has 6 nitrogen and oxygen atoms in total. The van der Waals surface area contributed by atoms with Crippen LogP contribution < -0.4 is 15.2 Å². The number of fused-ring (bicyclic) bond motifs is 1. The molecule has 0 fully saturated rings. The fourth-order valence-electron chi connectivity index (χ4n) is 3.00. The molecule has 9 heteroatoms. The molecule has 128 valence electrons. The minimum Gasteiger partial charge on any atom is -0.396 e. The predicted molar refractivity (Wildman–Crippen MR) is 107 cm³/mol. The Morgan fingerprint density at radius 1 is 0.826 bits per heavy atom. The lowest BCUT2D eigenvalue weighted by Crippen LogP contribution is -2.60. The second kappa shape index (κ2) is 5.42. The highest BCUT2D eigenvalue weighted by Gasteiger charge is 2.36. The first-order chi connectivity index (χ1) is 10.2. The fraction of sp³-hybridized carbons (Fsp3) is 0.643. The van der Waals surface area contributed by atoms with Crippen molar-refractivity contribution < 1.29 is 0 Å². The molecule has 2 heterocycles. The molecule has 0 saturated carbocycles. The minimum atomic E-state index is -1.67. The van der Waals surface area contributed by atoms with Crippen molar-refractivity contribution in [2.75, 3.05) is 4.23 Å². The lowest BCUT2D eigenvalue weighted by molar-refractivity contribution is 1.10. The Labute approximate surface area is 140 Å². The van der Waals surface area contributed by atoms with Crippen molar-refractivity contribution in [3.63, 3.8) is 0 Å². The molecule has 0 aliphatic heterocycles. The van der Waals surface area contributed by atoms with E-state index in [1.54, 1.807) is 0 Å². The summed E-state index contributed by atoms with van der Waals surface area (Å²) >= 11 is 0. The van der Waals surface area contributed by atoms with E-state index in [1.165, 1.54) is 0 Å². The van der Waals surface area contributed by atoms with Crippen LogP contribution in [0.2, 0.25) is 58.9 Å². The Hall–Kier alpha value is -1.20. The van der Waals surface area contributed by atoms with E-state index in [9.17, 15) is 4.79 Å². The standard InChI is InChI=1S/C14H29N5OSi3/c1-21(2,3)14-15-10-11(17-14)16-13(18-12(10)20)19(22(4,5)6)23(7,8)9/h1-9H3,(H2,15,16,17,18,20). The summed E-state index contributed by atoms with van der Waals surface area (Å²) < 4.78 is 2.41. The predicted octanol–water partition coefficient (Wildman–Crippen LogP) is 2.67. The molecule has 0 amide bonds. The van der Waals surface area contributed by atoms with Gasteiger partial charge in [-0.05, 0) is 0 Å². The van der Waals surface area contributed by atoms with Crippen LogP contribution in [0.4, 0.5) is 5.95 Å². The number of nitrogens with zero attached hydrogens (tertiary/aromatic N) is 3. The number of aromatic nitrogens is 4. The van der Waals surface area contributed by atoms with Gasteiger partial charge in [0, 0.05) is 0 Å². The Kier molecular flexibility index (Phi) is 4.27. The van der Waals surface area contributed by atoms with Gasteiger partial charge in [-0.3, -0.25) is 9.78 Å². The molecular weight excluding hydrogens is 338 g/mol. The summed E-state index contributed by atoms with van der Waals surface area (Å²) in [7, 11) is -4.95. The van der Waals surface area contributed by atoms with Gasteiger partial charge in [0.1, 0.15) is 24.5 Å². The van der Waals surface area contributed by atoms with Gasteiger partial charge in [0.15, 0.2) is 17.1 Å². The van der Waals surface area contributed by atoms with Gasteiger partial charge in [-0.15, -0.1) is 0 Å². The Morgan fingerprint density at radius 3 is 1.78 bits per heavy atom. The smallest absolute Gasteiger partial charge is 0.278 e. The molecule has 0 saturated heterocycles. The minimum absolute atomic E-state index is 0.122. The zero-order valence-corrected chi connectivity index (χ0v) is 18.7. The van der Waals surface area contributed by atoms with Gasteiger partial charge >= 0.3 is 0 Å². The highest BCUT2D eigenvalue weighted by Crippen LogP contribution is 2.25. The molecule has 23 heavy (non-hydrogen) atoms. The Bertz CT molecular complexity index is 763. The molecule has 0 unspecified atom stereocenters. The third kappa shape index (κ3) is 3.66. The van der Waals surface area contributed by atoms with E-state index in [0.29, 0.717) is 17.1 Å². The van der Waals surface area contributed by atoms with Crippen LogP contribution in [0.15, 0.2) is 4.79 Å². The van der Waals surface area contributed by atoms with E-state index in [1.807, 2.05) is 0 Å². The first-order valence-electron chi connectivity index (χ1n) is 8.02. The third-order valence-corrected chi connectivity index (χ3v) is 12.4. The number of imidazole rings is 1. The molecule has 2 aromatic rings. The van der Waals surface area contributed by atoms with Crippen LogP contribution in [-0.2, 0) is 0 Å². The summed E-state index contributed by atoms with van der Waals surface area (Å²) in [5, 5.41) is 0. The maximum atomic E-state index is 12.6. The number of hydrogen-bond donors (Lipinski definition) is 2. The molecule has 0 spiro atoms. The highest BCUT2D eigenvalue weighted by molar-refractivity contribution is 6.99. The van der Waals surface area contributed by atoms with Crippen molar-refractivity contribution in [1.82, 2.24) is 19.9 Å². The van der Waals surface area contributed by atoms with Gasteiger partial charge in [-0.25, -0.2) is 4.98 Å². The summed E-state index contributed by atoms with van der Waals surface area (Å²) in [6, 6.07) is 0. The molecule has 0 atom stereocenters. The van der Waals surface area contributed by atoms with E-state index >= 15 is 0 Å². The van der Waals surface area contributed by atoms with Gasteiger partial charge in [0.05, 0.1) is 5.45 Å². The van der Waals surface area contributed by atoms with Crippen LogP contribution >= 0.6 is 0 Å². The van der Waals surface area contributed by atoms with Crippen LogP contribution in [0, 0.1) is 0 Å². The third-order valence-electron chi connectivity index (χ3n) is 3.61.